The summed E-state index contributed by atoms with van der Waals surface area (Å²) < 4.78 is 25.7. The maximum atomic E-state index is 12.4. The van der Waals surface area contributed by atoms with Gasteiger partial charge in [-0.2, -0.15) is 0 Å². The molecule has 0 saturated heterocycles. The van der Waals surface area contributed by atoms with E-state index in [2.05, 4.69) is 20.9 Å². The number of hydrogen-bond acceptors (Lipinski definition) is 1. The van der Waals surface area contributed by atoms with Crippen molar-refractivity contribution in [1.29, 1.82) is 0 Å². The quantitative estimate of drug-likeness (QED) is 0.756. The maximum absolute atomic E-state index is 12.4. The molecule has 78 valence electrons. The highest BCUT2D eigenvalue weighted by molar-refractivity contribution is 9.10. The lowest BCUT2D eigenvalue weighted by Crippen LogP contribution is -1.91. The summed E-state index contributed by atoms with van der Waals surface area (Å²) in [7, 11) is 0. The molecule has 0 amide bonds. The zero-order valence-corrected chi connectivity index (χ0v) is 9.55. The van der Waals surface area contributed by atoms with Crippen molar-refractivity contribution in [3.05, 3.63) is 40.0 Å². The van der Waals surface area contributed by atoms with E-state index in [1.165, 1.54) is 6.07 Å². The molecule has 15 heavy (non-hydrogen) atoms. The molecule has 0 bridgehead atoms. The lowest BCUT2D eigenvalue weighted by molar-refractivity contribution is 0.146. The first-order valence-electron chi connectivity index (χ1n) is 4.43. The third-order valence-electron chi connectivity index (χ3n) is 2.15. The molecule has 0 aliphatic rings. The number of hydrogen-bond donors (Lipinski definition) is 0. The highest BCUT2D eigenvalue weighted by atomic mass is 79.9. The number of aryl methyl sites for hydroxylation is 1. The second-order valence-electron chi connectivity index (χ2n) is 3.35. The predicted octanol–water partition coefficient (Wildman–Crippen LogP) is 4.24. The molecule has 2 rings (SSSR count). The van der Waals surface area contributed by atoms with Gasteiger partial charge in [0.2, 0.25) is 0 Å². The molecule has 1 aromatic heterocycles. The van der Waals surface area contributed by atoms with Crippen molar-refractivity contribution in [2.45, 2.75) is 13.3 Å². The molecular weight excluding hydrogens is 264 g/mol. The van der Waals surface area contributed by atoms with Crippen LogP contribution in [0.1, 0.15) is 17.7 Å². The Kier molecular flexibility index (Phi) is 2.69. The van der Waals surface area contributed by atoms with E-state index in [0.717, 1.165) is 15.4 Å². The Bertz CT molecular complexity index is 511. The molecule has 1 nitrogen and oxygen atoms in total. The molecule has 0 spiro atoms. The second-order valence-corrected chi connectivity index (χ2v) is 4.20. The fraction of sp³-hybridized carbons (Fsp3) is 0.182. The summed E-state index contributed by atoms with van der Waals surface area (Å²) in [6.07, 6.45) is -2.52. The van der Waals surface area contributed by atoms with E-state index in [9.17, 15) is 8.78 Å². The number of fused-ring (bicyclic) bond motifs is 1. The number of aromatic nitrogens is 1. The summed E-state index contributed by atoms with van der Waals surface area (Å²) in [5.74, 6) is 0. The molecule has 0 atom stereocenters. The van der Waals surface area contributed by atoms with Gasteiger partial charge in [-0.05, 0) is 36.8 Å². The molecule has 0 aliphatic carbocycles. The van der Waals surface area contributed by atoms with Gasteiger partial charge in [-0.1, -0.05) is 15.9 Å². The molecule has 0 radical (unpaired) electrons. The van der Waals surface area contributed by atoms with Gasteiger partial charge in [0.15, 0.2) is 0 Å². The first-order valence-corrected chi connectivity index (χ1v) is 5.22. The van der Waals surface area contributed by atoms with Crippen LogP contribution in [-0.4, -0.2) is 4.98 Å². The largest absolute Gasteiger partial charge is 0.280 e. The molecule has 0 saturated carbocycles. The van der Waals surface area contributed by atoms with Crippen molar-refractivity contribution >= 4 is 26.8 Å². The molecule has 2 aromatic rings. The van der Waals surface area contributed by atoms with Gasteiger partial charge in [-0.15, -0.1) is 0 Å². The molecule has 0 unspecified atom stereocenters. The fourth-order valence-electron chi connectivity index (χ4n) is 1.46. The highest BCUT2D eigenvalue weighted by Crippen LogP contribution is 2.27. The lowest BCUT2D eigenvalue weighted by atomic mass is 10.1. The van der Waals surface area contributed by atoms with Gasteiger partial charge in [-0.25, -0.2) is 13.8 Å². The maximum Gasteiger partial charge on any atom is 0.280 e. The zero-order valence-electron chi connectivity index (χ0n) is 7.97. The Morgan fingerprint density at radius 1 is 1.27 bits per heavy atom. The summed E-state index contributed by atoms with van der Waals surface area (Å²) in [5, 5.41) is 0.852. The average molecular weight is 272 g/mol. The van der Waals surface area contributed by atoms with Crippen LogP contribution in [-0.2, 0) is 0 Å². The van der Waals surface area contributed by atoms with Crippen molar-refractivity contribution in [2.75, 3.05) is 0 Å². The Balaban J connectivity index is 2.71. The number of alkyl halides is 2. The van der Waals surface area contributed by atoms with Gasteiger partial charge in [0.25, 0.3) is 6.43 Å². The first-order chi connectivity index (χ1) is 7.08. The van der Waals surface area contributed by atoms with Gasteiger partial charge in [0.1, 0.15) is 5.69 Å². The van der Waals surface area contributed by atoms with Crippen LogP contribution < -0.4 is 0 Å². The Hall–Kier alpha value is -1.03. The van der Waals surface area contributed by atoms with Gasteiger partial charge in [0.05, 0.1) is 5.52 Å². The van der Waals surface area contributed by atoms with Crippen molar-refractivity contribution in [2.24, 2.45) is 0 Å². The Morgan fingerprint density at radius 3 is 2.67 bits per heavy atom. The number of nitrogens with zero attached hydrogens (tertiary/aromatic N) is 1. The van der Waals surface area contributed by atoms with E-state index >= 15 is 0 Å². The smallest absolute Gasteiger partial charge is 0.247 e. The minimum Gasteiger partial charge on any atom is -0.247 e. The molecule has 0 aliphatic heterocycles. The van der Waals surface area contributed by atoms with Gasteiger partial charge < -0.3 is 0 Å². The van der Waals surface area contributed by atoms with E-state index in [4.69, 9.17) is 0 Å². The van der Waals surface area contributed by atoms with E-state index in [-0.39, 0.29) is 5.69 Å². The Labute approximate surface area is 94.3 Å². The normalized spacial score (nSPS) is 11.3. The van der Waals surface area contributed by atoms with Crippen molar-refractivity contribution in [1.82, 2.24) is 4.98 Å². The van der Waals surface area contributed by atoms with Crippen LogP contribution >= 0.6 is 15.9 Å². The SMILES string of the molecule is Cc1cc(Br)c2ccc(C(F)F)nc2c1. The van der Waals surface area contributed by atoms with Crippen LogP contribution in [0.5, 0.6) is 0 Å². The summed E-state index contributed by atoms with van der Waals surface area (Å²) in [6, 6.07) is 6.75. The summed E-state index contributed by atoms with van der Waals surface area (Å²) in [5.41, 5.74) is 1.41. The topological polar surface area (TPSA) is 12.9 Å². The van der Waals surface area contributed by atoms with Crippen LogP contribution in [0.2, 0.25) is 0 Å². The van der Waals surface area contributed by atoms with Gasteiger partial charge in [-0.3, -0.25) is 0 Å². The molecule has 1 aromatic carbocycles. The zero-order chi connectivity index (χ0) is 11.0. The van der Waals surface area contributed by atoms with Crippen molar-refractivity contribution < 1.29 is 8.78 Å². The van der Waals surface area contributed by atoms with Crippen LogP contribution in [0.3, 0.4) is 0 Å². The predicted molar refractivity (Wildman–Crippen MR) is 59.1 cm³/mol. The van der Waals surface area contributed by atoms with Crippen LogP contribution in [0.4, 0.5) is 8.78 Å². The fourth-order valence-corrected chi connectivity index (χ4v) is 2.16. The highest BCUT2D eigenvalue weighted by Gasteiger charge is 2.10. The molecule has 0 N–H and O–H groups in total. The van der Waals surface area contributed by atoms with E-state index in [0.29, 0.717) is 5.52 Å². The van der Waals surface area contributed by atoms with Crippen LogP contribution in [0.25, 0.3) is 10.9 Å². The number of halogens is 3. The minimum absolute atomic E-state index is 0.181. The number of benzene rings is 1. The standard InChI is InChI=1S/C11H8BrF2N/c1-6-4-8(12)7-2-3-9(11(13)14)15-10(7)5-6/h2-5,11H,1H3. The van der Waals surface area contributed by atoms with Crippen LogP contribution in [0.15, 0.2) is 28.7 Å². The monoisotopic (exact) mass is 271 g/mol. The molecule has 4 heteroatoms. The number of pyridine rings is 1. The van der Waals surface area contributed by atoms with E-state index in [1.807, 2.05) is 13.0 Å². The van der Waals surface area contributed by atoms with E-state index < -0.39 is 6.43 Å². The minimum atomic E-state index is -2.52. The van der Waals surface area contributed by atoms with E-state index in [1.54, 1.807) is 12.1 Å². The van der Waals surface area contributed by atoms with Gasteiger partial charge in [0, 0.05) is 9.86 Å². The Morgan fingerprint density at radius 2 is 2.00 bits per heavy atom. The first kappa shape index (κ1) is 10.5. The average Bonchev–Trinajstić information content (AvgIpc) is 2.16. The molecule has 0 fully saturated rings. The van der Waals surface area contributed by atoms with Gasteiger partial charge >= 0.3 is 0 Å². The van der Waals surface area contributed by atoms with Crippen molar-refractivity contribution in [3.63, 3.8) is 0 Å². The van der Waals surface area contributed by atoms with Crippen LogP contribution in [0, 0.1) is 6.92 Å². The lowest BCUT2D eigenvalue weighted by Gasteiger charge is -2.04. The molecular formula is C11H8BrF2N. The summed E-state index contributed by atoms with van der Waals surface area (Å²) in [6.45, 7) is 1.90. The molecule has 1 heterocycles. The third kappa shape index (κ3) is 2.00. The number of rotatable bonds is 1. The summed E-state index contributed by atoms with van der Waals surface area (Å²) >= 11 is 3.38. The second kappa shape index (κ2) is 3.85. The summed E-state index contributed by atoms with van der Waals surface area (Å²) in [4.78, 5) is 3.92. The van der Waals surface area contributed by atoms with Crippen molar-refractivity contribution in [3.8, 4) is 0 Å². The third-order valence-corrected chi connectivity index (χ3v) is 2.80.